The normalized spacial score (nSPS) is 28.6. The zero-order valence-corrected chi connectivity index (χ0v) is 15.2. The van der Waals surface area contributed by atoms with Crippen molar-refractivity contribution in [1.82, 2.24) is 0 Å². The second-order valence-corrected chi connectivity index (χ2v) is 6.49. The SMILES string of the molecule is C=C1CCC2=C(CO)C(=O)O[C@@H]2/C=C(\C)[C@@H](OC(C)=O)C[C@@H]1OC(C)=O. The molecule has 0 fully saturated rings. The van der Waals surface area contributed by atoms with Crippen LogP contribution in [0.4, 0.5) is 0 Å². The molecular weight excluding hydrogens is 340 g/mol. The highest BCUT2D eigenvalue weighted by Gasteiger charge is 2.35. The van der Waals surface area contributed by atoms with E-state index in [9.17, 15) is 19.5 Å². The van der Waals surface area contributed by atoms with Gasteiger partial charge in [-0.1, -0.05) is 6.58 Å². The average Bonchev–Trinajstić information content (AvgIpc) is 2.84. The van der Waals surface area contributed by atoms with Crippen molar-refractivity contribution in [1.29, 1.82) is 0 Å². The van der Waals surface area contributed by atoms with Crippen LogP contribution >= 0.6 is 0 Å². The van der Waals surface area contributed by atoms with Gasteiger partial charge in [0.15, 0.2) is 0 Å². The summed E-state index contributed by atoms with van der Waals surface area (Å²) in [5, 5.41) is 9.50. The fraction of sp³-hybridized carbons (Fsp3) is 0.526. The molecule has 0 saturated carbocycles. The first-order chi connectivity index (χ1) is 12.2. The van der Waals surface area contributed by atoms with E-state index in [1.54, 1.807) is 13.0 Å². The van der Waals surface area contributed by atoms with Crippen LogP contribution in [0.2, 0.25) is 0 Å². The van der Waals surface area contributed by atoms with Crippen molar-refractivity contribution in [3.63, 3.8) is 0 Å². The minimum absolute atomic E-state index is 0.237. The maximum atomic E-state index is 12.0. The van der Waals surface area contributed by atoms with Crippen molar-refractivity contribution in [3.05, 3.63) is 34.9 Å². The van der Waals surface area contributed by atoms with E-state index in [4.69, 9.17) is 14.2 Å². The molecule has 0 spiro atoms. The predicted molar refractivity (Wildman–Crippen MR) is 91.8 cm³/mol. The molecule has 1 heterocycles. The van der Waals surface area contributed by atoms with Gasteiger partial charge in [0, 0.05) is 20.3 Å². The van der Waals surface area contributed by atoms with E-state index in [0.717, 1.165) is 0 Å². The van der Waals surface area contributed by atoms with Crippen LogP contribution in [-0.4, -0.2) is 47.9 Å². The lowest BCUT2D eigenvalue weighted by Gasteiger charge is -2.27. The smallest absolute Gasteiger partial charge is 0.337 e. The Morgan fingerprint density at radius 2 is 1.85 bits per heavy atom. The van der Waals surface area contributed by atoms with E-state index in [1.165, 1.54) is 13.8 Å². The molecule has 0 aromatic heterocycles. The van der Waals surface area contributed by atoms with Crippen LogP contribution in [0, 0.1) is 0 Å². The summed E-state index contributed by atoms with van der Waals surface area (Å²) in [7, 11) is 0. The Hall–Kier alpha value is -2.41. The zero-order valence-electron chi connectivity index (χ0n) is 15.2. The first-order valence-corrected chi connectivity index (χ1v) is 8.47. The summed E-state index contributed by atoms with van der Waals surface area (Å²) in [4.78, 5) is 34.9. The molecule has 0 unspecified atom stereocenters. The van der Waals surface area contributed by atoms with Gasteiger partial charge >= 0.3 is 17.9 Å². The molecule has 2 rings (SSSR count). The minimum Gasteiger partial charge on any atom is -0.458 e. The molecule has 1 N–H and O–H groups in total. The predicted octanol–water partition coefficient (Wildman–Crippen LogP) is 1.75. The molecule has 0 saturated heterocycles. The van der Waals surface area contributed by atoms with Crippen molar-refractivity contribution in [2.24, 2.45) is 0 Å². The molecule has 7 heteroatoms. The summed E-state index contributed by atoms with van der Waals surface area (Å²) in [6, 6.07) is 0. The van der Waals surface area contributed by atoms with Crippen molar-refractivity contribution < 1.29 is 33.7 Å². The van der Waals surface area contributed by atoms with Crippen LogP contribution in [0.1, 0.15) is 40.0 Å². The summed E-state index contributed by atoms with van der Waals surface area (Å²) in [5.41, 5.74) is 2.22. The number of aliphatic hydroxyl groups excluding tert-OH is 1. The van der Waals surface area contributed by atoms with Gasteiger partial charge in [-0.05, 0) is 42.6 Å². The molecule has 142 valence electrons. The van der Waals surface area contributed by atoms with Gasteiger partial charge in [-0.2, -0.15) is 0 Å². The molecule has 1 aliphatic heterocycles. The quantitative estimate of drug-likeness (QED) is 0.463. The standard InChI is InChI=1S/C19H24O7/c1-10-5-6-14-15(9-20)19(23)26-18(14)7-11(2)17(25-13(4)22)8-16(10)24-12(3)21/h7,16-18,20H,1,5-6,8-9H2,2-4H3/b11-7+/t16-,17-,18+/m0/s1. The maximum Gasteiger partial charge on any atom is 0.337 e. The van der Waals surface area contributed by atoms with Crippen LogP contribution in [0.25, 0.3) is 0 Å². The number of aliphatic hydroxyl groups is 1. The number of carbonyl (C=O) groups is 3. The number of ether oxygens (including phenoxy) is 3. The first kappa shape index (κ1) is 19.9. The Morgan fingerprint density at radius 3 is 2.42 bits per heavy atom. The number of hydrogen-bond acceptors (Lipinski definition) is 7. The van der Waals surface area contributed by atoms with E-state index in [0.29, 0.717) is 29.6 Å². The largest absolute Gasteiger partial charge is 0.458 e. The van der Waals surface area contributed by atoms with E-state index in [2.05, 4.69) is 6.58 Å². The summed E-state index contributed by atoms with van der Waals surface area (Å²) >= 11 is 0. The highest BCUT2D eigenvalue weighted by atomic mass is 16.6. The van der Waals surface area contributed by atoms with Gasteiger partial charge in [0.1, 0.15) is 18.3 Å². The molecule has 2 aliphatic rings. The molecule has 0 amide bonds. The molecule has 0 bridgehead atoms. The Labute approximate surface area is 152 Å². The molecule has 0 aromatic carbocycles. The van der Waals surface area contributed by atoms with Gasteiger partial charge < -0.3 is 19.3 Å². The van der Waals surface area contributed by atoms with Gasteiger partial charge in [0.05, 0.1) is 12.2 Å². The van der Waals surface area contributed by atoms with Gasteiger partial charge in [-0.25, -0.2) is 4.79 Å². The van der Waals surface area contributed by atoms with Gasteiger partial charge in [0.2, 0.25) is 0 Å². The van der Waals surface area contributed by atoms with Gasteiger partial charge in [0.25, 0.3) is 0 Å². The Bertz CT molecular complexity index is 686. The number of hydrogen-bond donors (Lipinski definition) is 1. The Balaban J connectivity index is 2.44. The van der Waals surface area contributed by atoms with E-state index in [-0.39, 0.29) is 12.0 Å². The number of esters is 3. The van der Waals surface area contributed by atoms with Crippen LogP contribution in [-0.2, 0) is 28.6 Å². The van der Waals surface area contributed by atoms with Gasteiger partial charge in [-0.3, -0.25) is 9.59 Å². The molecule has 0 radical (unpaired) electrons. The highest BCUT2D eigenvalue weighted by molar-refractivity contribution is 5.93. The first-order valence-electron chi connectivity index (χ1n) is 8.47. The topological polar surface area (TPSA) is 99.1 Å². The van der Waals surface area contributed by atoms with Crippen molar-refractivity contribution in [2.45, 2.75) is 58.3 Å². The highest BCUT2D eigenvalue weighted by Crippen LogP contribution is 2.33. The van der Waals surface area contributed by atoms with Crippen LogP contribution < -0.4 is 0 Å². The third-order valence-electron chi connectivity index (χ3n) is 4.51. The van der Waals surface area contributed by atoms with Crippen LogP contribution in [0.5, 0.6) is 0 Å². The van der Waals surface area contributed by atoms with E-state index in [1.807, 2.05) is 0 Å². The summed E-state index contributed by atoms with van der Waals surface area (Å²) < 4.78 is 16.1. The monoisotopic (exact) mass is 364 g/mol. The maximum absolute atomic E-state index is 12.0. The van der Waals surface area contributed by atoms with Crippen LogP contribution in [0.15, 0.2) is 34.9 Å². The number of rotatable bonds is 3. The van der Waals surface area contributed by atoms with Crippen molar-refractivity contribution in [2.75, 3.05) is 6.61 Å². The fourth-order valence-electron chi connectivity index (χ4n) is 3.18. The molecule has 3 atom stereocenters. The summed E-state index contributed by atoms with van der Waals surface area (Å²) in [6.45, 7) is 7.95. The molecule has 26 heavy (non-hydrogen) atoms. The van der Waals surface area contributed by atoms with E-state index >= 15 is 0 Å². The van der Waals surface area contributed by atoms with Crippen molar-refractivity contribution in [3.8, 4) is 0 Å². The van der Waals surface area contributed by atoms with Crippen molar-refractivity contribution >= 4 is 17.9 Å². The fourth-order valence-corrected chi connectivity index (χ4v) is 3.18. The zero-order chi connectivity index (χ0) is 19.4. The Kier molecular flexibility index (Phi) is 6.37. The number of carbonyl (C=O) groups excluding carboxylic acids is 3. The Morgan fingerprint density at radius 1 is 1.23 bits per heavy atom. The molecule has 0 aromatic rings. The van der Waals surface area contributed by atoms with Gasteiger partial charge in [-0.15, -0.1) is 0 Å². The lowest BCUT2D eigenvalue weighted by atomic mass is 9.89. The second kappa shape index (κ2) is 8.31. The van der Waals surface area contributed by atoms with Crippen LogP contribution in [0.3, 0.4) is 0 Å². The lowest BCUT2D eigenvalue weighted by Crippen LogP contribution is -2.30. The summed E-state index contributed by atoms with van der Waals surface area (Å²) in [6.07, 6.45) is 0.975. The molecule has 7 nitrogen and oxygen atoms in total. The van der Waals surface area contributed by atoms with E-state index < -0.39 is 42.8 Å². The third kappa shape index (κ3) is 4.60. The average molecular weight is 364 g/mol. The third-order valence-corrected chi connectivity index (χ3v) is 4.51. The second-order valence-electron chi connectivity index (χ2n) is 6.49. The molecule has 1 aliphatic carbocycles. The number of fused-ring (bicyclic) bond motifs is 1. The minimum atomic E-state index is -0.648. The molecular formula is C19H24O7. The summed E-state index contributed by atoms with van der Waals surface area (Å²) in [5.74, 6) is -1.48. The lowest BCUT2D eigenvalue weighted by molar-refractivity contribution is -0.150.